The first kappa shape index (κ1) is 19.5. The van der Waals surface area contributed by atoms with Gasteiger partial charge in [-0.15, -0.1) is 0 Å². The topological polar surface area (TPSA) is 107 Å². The quantitative estimate of drug-likeness (QED) is 0.335. The third-order valence-corrected chi connectivity index (χ3v) is 3.47. The Labute approximate surface area is 136 Å². The molecule has 0 aliphatic heterocycles. The molecule has 7 nitrogen and oxygen atoms in total. The lowest BCUT2D eigenvalue weighted by atomic mass is 9.84. The lowest BCUT2D eigenvalue weighted by molar-refractivity contribution is -0.484. The van der Waals surface area contributed by atoms with Crippen LogP contribution in [-0.4, -0.2) is 35.1 Å². The van der Waals surface area contributed by atoms with Crippen LogP contribution in [0.2, 0.25) is 0 Å². The highest BCUT2D eigenvalue weighted by atomic mass is 19.1. The Morgan fingerprint density at radius 2 is 1.83 bits per heavy atom. The van der Waals surface area contributed by atoms with Crippen molar-refractivity contribution in [1.29, 1.82) is 0 Å². The predicted octanol–water partition coefficient (Wildman–Crippen LogP) is 2.15. The molecule has 0 saturated carbocycles. The summed E-state index contributed by atoms with van der Waals surface area (Å²) in [5.74, 6) is -9.22. The standard InChI is InChI=1S/C15H17F2NO6/c1-3-8-5-10(16)12(11(17)6-8)9(7-18(22)23)13(14(19)20)15(21)24-4-2/h5-6,9,13H,3-4,7H2,1-2H3,(H,19,20). The predicted molar refractivity (Wildman–Crippen MR) is 78.1 cm³/mol. The largest absolute Gasteiger partial charge is 0.481 e. The van der Waals surface area contributed by atoms with Gasteiger partial charge >= 0.3 is 11.9 Å². The monoisotopic (exact) mass is 345 g/mol. The van der Waals surface area contributed by atoms with Crippen molar-refractivity contribution in [3.05, 3.63) is 45.0 Å². The Morgan fingerprint density at radius 3 is 2.21 bits per heavy atom. The normalized spacial score (nSPS) is 13.2. The van der Waals surface area contributed by atoms with Crippen molar-refractivity contribution in [3.63, 3.8) is 0 Å². The van der Waals surface area contributed by atoms with Gasteiger partial charge in [0.15, 0.2) is 5.92 Å². The van der Waals surface area contributed by atoms with Crippen LogP contribution in [0.4, 0.5) is 8.78 Å². The number of carbonyl (C=O) groups excluding carboxylic acids is 1. The molecule has 0 saturated heterocycles. The second-order valence-electron chi connectivity index (χ2n) is 5.02. The maximum absolute atomic E-state index is 14.3. The number of halogens is 2. The van der Waals surface area contributed by atoms with Crippen LogP contribution in [0, 0.1) is 27.7 Å². The molecule has 0 aromatic heterocycles. The summed E-state index contributed by atoms with van der Waals surface area (Å²) in [7, 11) is 0. The molecule has 24 heavy (non-hydrogen) atoms. The maximum Gasteiger partial charge on any atom is 0.321 e. The van der Waals surface area contributed by atoms with Crippen LogP contribution in [0.1, 0.15) is 30.9 Å². The van der Waals surface area contributed by atoms with E-state index in [0.29, 0.717) is 12.0 Å². The van der Waals surface area contributed by atoms with Crippen molar-refractivity contribution in [2.24, 2.45) is 5.92 Å². The zero-order chi connectivity index (χ0) is 18.4. The number of aryl methyl sites for hydroxylation is 1. The molecule has 0 spiro atoms. The van der Waals surface area contributed by atoms with Crippen molar-refractivity contribution >= 4 is 11.9 Å². The number of rotatable bonds is 8. The van der Waals surface area contributed by atoms with E-state index in [1.165, 1.54) is 6.92 Å². The molecule has 2 unspecified atom stereocenters. The van der Waals surface area contributed by atoms with E-state index in [4.69, 9.17) is 0 Å². The molecule has 0 amide bonds. The Balaban J connectivity index is 3.48. The minimum absolute atomic E-state index is 0.173. The molecule has 0 bridgehead atoms. The van der Waals surface area contributed by atoms with Gasteiger partial charge in [0, 0.05) is 10.5 Å². The molecule has 9 heteroatoms. The van der Waals surface area contributed by atoms with E-state index in [9.17, 15) is 33.6 Å². The molecule has 0 heterocycles. The molecular weight excluding hydrogens is 328 g/mol. The van der Waals surface area contributed by atoms with E-state index in [2.05, 4.69) is 4.74 Å². The second kappa shape index (κ2) is 8.32. The van der Waals surface area contributed by atoms with E-state index >= 15 is 0 Å². The first-order valence-electron chi connectivity index (χ1n) is 7.21. The molecule has 0 aliphatic rings. The van der Waals surface area contributed by atoms with Gasteiger partial charge < -0.3 is 9.84 Å². The Bertz CT molecular complexity index is 626. The molecule has 0 aliphatic carbocycles. The smallest absolute Gasteiger partial charge is 0.321 e. The van der Waals surface area contributed by atoms with Crippen molar-refractivity contribution in [2.75, 3.05) is 13.2 Å². The van der Waals surface area contributed by atoms with Crippen molar-refractivity contribution < 1.29 is 33.1 Å². The van der Waals surface area contributed by atoms with Crippen LogP contribution in [0.3, 0.4) is 0 Å². The highest BCUT2D eigenvalue weighted by Crippen LogP contribution is 2.32. The summed E-state index contributed by atoms with van der Waals surface area (Å²) in [5, 5.41) is 20.1. The SMILES string of the molecule is CCOC(=O)C(C(=O)O)C(C[N+](=O)[O-])c1c(F)cc(CC)cc1F. The number of carboxylic acids is 1. The third kappa shape index (κ3) is 4.46. The average molecular weight is 345 g/mol. The second-order valence-corrected chi connectivity index (χ2v) is 5.02. The summed E-state index contributed by atoms with van der Waals surface area (Å²) >= 11 is 0. The fraction of sp³-hybridized carbons (Fsp3) is 0.467. The lowest BCUT2D eigenvalue weighted by Crippen LogP contribution is -2.36. The molecule has 1 aromatic rings. The molecule has 1 aromatic carbocycles. The van der Waals surface area contributed by atoms with Crippen molar-refractivity contribution in [3.8, 4) is 0 Å². The Kier molecular flexibility index (Phi) is 6.75. The molecule has 2 atom stereocenters. The van der Waals surface area contributed by atoms with Gasteiger partial charge in [0.2, 0.25) is 6.54 Å². The highest BCUT2D eigenvalue weighted by molar-refractivity contribution is 5.95. The zero-order valence-electron chi connectivity index (χ0n) is 13.1. The summed E-state index contributed by atoms with van der Waals surface area (Å²) in [6.07, 6.45) is 0.314. The van der Waals surface area contributed by atoms with Gasteiger partial charge in [-0.3, -0.25) is 19.7 Å². The summed E-state index contributed by atoms with van der Waals surface area (Å²) in [6.45, 7) is 1.76. The molecule has 0 fully saturated rings. The Hall–Kier alpha value is -2.58. The summed E-state index contributed by atoms with van der Waals surface area (Å²) in [6, 6.07) is 1.94. The van der Waals surface area contributed by atoms with Crippen LogP contribution in [-0.2, 0) is 20.7 Å². The third-order valence-electron chi connectivity index (χ3n) is 3.47. The van der Waals surface area contributed by atoms with Crippen LogP contribution >= 0.6 is 0 Å². The summed E-state index contributed by atoms with van der Waals surface area (Å²) in [5.41, 5.74) is -0.499. The van der Waals surface area contributed by atoms with E-state index in [-0.39, 0.29) is 6.61 Å². The van der Waals surface area contributed by atoms with E-state index in [1.54, 1.807) is 6.92 Å². The number of nitrogens with zero attached hydrogens (tertiary/aromatic N) is 1. The van der Waals surface area contributed by atoms with Crippen LogP contribution in [0.25, 0.3) is 0 Å². The number of hydrogen-bond acceptors (Lipinski definition) is 5. The van der Waals surface area contributed by atoms with Gasteiger partial charge in [-0.2, -0.15) is 0 Å². The first-order chi connectivity index (χ1) is 11.2. The number of benzene rings is 1. The molecule has 132 valence electrons. The van der Waals surface area contributed by atoms with E-state index < -0.39 is 52.4 Å². The Morgan fingerprint density at radius 1 is 1.29 bits per heavy atom. The van der Waals surface area contributed by atoms with Gasteiger partial charge in [0.25, 0.3) is 0 Å². The van der Waals surface area contributed by atoms with Gasteiger partial charge in [-0.25, -0.2) is 8.78 Å². The number of hydrogen-bond donors (Lipinski definition) is 1. The number of carbonyl (C=O) groups is 2. The molecule has 0 radical (unpaired) electrons. The minimum Gasteiger partial charge on any atom is -0.481 e. The number of esters is 1. The molecular formula is C15H17F2NO6. The summed E-state index contributed by atoms with van der Waals surface area (Å²) < 4.78 is 33.1. The fourth-order valence-electron chi connectivity index (χ4n) is 2.39. The van der Waals surface area contributed by atoms with Gasteiger partial charge in [-0.1, -0.05) is 6.92 Å². The number of aliphatic carboxylic acids is 1. The van der Waals surface area contributed by atoms with Gasteiger partial charge in [0.05, 0.1) is 12.5 Å². The number of ether oxygens (including phenoxy) is 1. The van der Waals surface area contributed by atoms with Crippen LogP contribution in [0.15, 0.2) is 12.1 Å². The average Bonchev–Trinajstić information content (AvgIpc) is 2.45. The maximum atomic E-state index is 14.3. The van der Waals surface area contributed by atoms with Crippen LogP contribution in [0.5, 0.6) is 0 Å². The van der Waals surface area contributed by atoms with Gasteiger partial charge in [0.1, 0.15) is 11.6 Å². The number of nitro groups is 1. The van der Waals surface area contributed by atoms with E-state index in [0.717, 1.165) is 12.1 Å². The first-order valence-corrected chi connectivity index (χ1v) is 7.21. The van der Waals surface area contributed by atoms with Crippen LogP contribution < -0.4 is 0 Å². The zero-order valence-corrected chi connectivity index (χ0v) is 13.1. The highest BCUT2D eigenvalue weighted by Gasteiger charge is 2.43. The minimum atomic E-state index is -2.09. The number of carboxylic acid groups (broad SMARTS) is 1. The molecule has 1 N–H and O–H groups in total. The summed E-state index contributed by atoms with van der Waals surface area (Å²) in [4.78, 5) is 33.2. The fourth-order valence-corrected chi connectivity index (χ4v) is 2.39. The van der Waals surface area contributed by atoms with Crippen molar-refractivity contribution in [1.82, 2.24) is 0 Å². The molecule has 1 rings (SSSR count). The lowest BCUT2D eigenvalue weighted by Gasteiger charge is -2.21. The van der Waals surface area contributed by atoms with Crippen molar-refractivity contribution in [2.45, 2.75) is 26.2 Å². The van der Waals surface area contributed by atoms with E-state index in [1.807, 2.05) is 0 Å². The van der Waals surface area contributed by atoms with Gasteiger partial charge in [-0.05, 0) is 31.0 Å².